The van der Waals surface area contributed by atoms with E-state index >= 15 is 0 Å². The van der Waals surface area contributed by atoms with Crippen molar-refractivity contribution in [1.82, 2.24) is 0 Å². The second kappa shape index (κ2) is 5.73. The van der Waals surface area contributed by atoms with Gasteiger partial charge in [-0.25, -0.2) is 0 Å². The number of thiophene rings is 1. The minimum absolute atomic E-state index is 0.139. The van der Waals surface area contributed by atoms with Crippen molar-refractivity contribution >= 4 is 34.5 Å². The summed E-state index contributed by atoms with van der Waals surface area (Å²) in [5.74, 6) is 2.58. The molecule has 0 aromatic carbocycles. The van der Waals surface area contributed by atoms with Crippen LogP contribution < -0.4 is 0 Å². The summed E-state index contributed by atoms with van der Waals surface area (Å²) in [4.78, 5) is 1.19. The second-order valence-electron chi connectivity index (χ2n) is 5.91. The summed E-state index contributed by atoms with van der Waals surface area (Å²) in [6, 6.07) is 1.98. The smallest absolute Gasteiger partial charge is 0.0721 e. The van der Waals surface area contributed by atoms with E-state index in [9.17, 15) is 0 Å². The predicted molar refractivity (Wildman–Crippen MR) is 80.7 cm³/mol. The third-order valence-electron chi connectivity index (χ3n) is 4.89. The molecule has 2 fully saturated rings. The fraction of sp³-hybridized carbons (Fsp3) is 0.733. The Morgan fingerprint density at radius 3 is 2.61 bits per heavy atom. The van der Waals surface area contributed by atoms with E-state index in [1.807, 2.05) is 6.07 Å². The van der Waals surface area contributed by atoms with Gasteiger partial charge in [0.25, 0.3) is 0 Å². The average Bonchev–Trinajstić information content (AvgIpc) is 2.83. The zero-order chi connectivity index (χ0) is 12.5. The molecule has 1 aromatic heterocycles. The van der Waals surface area contributed by atoms with Gasteiger partial charge < -0.3 is 0 Å². The summed E-state index contributed by atoms with van der Waals surface area (Å²) in [5, 5.41) is 3.06. The van der Waals surface area contributed by atoms with E-state index < -0.39 is 0 Å². The summed E-state index contributed by atoms with van der Waals surface area (Å²) in [6.45, 7) is 0. The van der Waals surface area contributed by atoms with Crippen LogP contribution >= 0.6 is 34.5 Å². The zero-order valence-electron chi connectivity index (χ0n) is 10.6. The molecule has 0 nitrogen and oxygen atoms in total. The minimum atomic E-state index is 0.139. The van der Waals surface area contributed by atoms with E-state index in [-0.39, 0.29) is 5.38 Å². The van der Waals surface area contributed by atoms with Crippen molar-refractivity contribution in [1.29, 1.82) is 0 Å². The molecule has 2 saturated carbocycles. The van der Waals surface area contributed by atoms with Crippen LogP contribution in [0.1, 0.15) is 55.2 Å². The van der Waals surface area contributed by atoms with Gasteiger partial charge in [-0.1, -0.05) is 37.3 Å². The normalized spacial score (nSPS) is 34.0. The van der Waals surface area contributed by atoms with Gasteiger partial charge >= 0.3 is 0 Å². The van der Waals surface area contributed by atoms with Gasteiger partial charge in [-0.05, 0) is 48.5 Å². The molecule has 18 heavy (non-hydrogen) atoms. The number of halogens is 2. The molecule has 0 N–H and O–H groups in total. The molecule has 0 bridgehead atoms. The van der Waals surface area contributed by atoms with Crippen LogP contribution in [0.5, 0.6) is 0 Å². The quantitative estimate of drug-likeness (QED) is 0.563. The van der Waals surface area contributed by atoms with Crippen LogP contribution in [-0.4, -0.2) is 0 Å². The van der Waals surface area contributed by atoms with E-state index in [2.05, 4.69) is 5.38 Å². The summed E-state index contributed by atoms with van der Waals surface area (Å²) >= 11 is 14.6. The molecule has 0 radical (unpaired) electrons. The van der Waals surface area contributed by atoms with Crippen LogP contribution in [0.4, 0.5) is 0 Å². The number of rotatable bonds is 2. The molecular formula is C15H20Cl2S. The minimum Gasteiger partial charge on any atom is -0.146 e. The molecule has 4 unspecified atom stereocenters. The van der Waals surface area contributed by atoms with E-state index in [4.69, 9.17) is 23.2 Å². The molecule has 2 aliphatic rings. The number of hydrogen-bond acceptors (Lipinski definition) is 1. The maximum atomic E-state index is 6.69. The van der Waals surface area contributed by atoms with E-state index in [0.717, 1.165) is 16.9 Å². The Balaban J connectivity index is 1.68. The Labute approximate surface area is 124 Å². The summed E-state index contributed by atoms with van der Waals surface area (Å²) in [6.07, 6.45) is 9.79. The summed E-state index contributed by atoms with van der Waals surface area (Å²) in [5.41, 5.74) is 0. The van der Waals surface area contributed by atoms with Crippen molar-refractivity contribution in [3.8, 4) is 0 Å². The second-order valence-corrected chi connectivity index (χ2v) is 7.74. The van der Waals surface area contributed by atoms with Crippen LogP contribution in [0.15, 0.2) is 11.4 Å². The highest BCUT2D eigenvalue weighted by Crippen LogP contribution is 2.49. The molecule has 2 aliphatic carbocycles. The molecule has 0 saturated heterocycles. The van der Waals surface area contributed by atoms with Crippen molar-refractivity contribution in [2.45, 2.75) is 50.3 Å². The first-order valence-corrected chi connectivity index (χ1v) is 8.82. The lowest BCUT2D eigenvalue weighted by Gasteiger charge is -2.40. The van der Waals surface area contributed by atoms with Gasteiger partial charge in [-0.15, -0.1) is 22.9 Å². The Kier molecular flexibility index (Phi) is 4.22. The average molecular weight is 303 g/mol. The van der Waals surface area contributed by atoms with Gasteiger partial charge in [0.2, 0.25) is 0 Å². The van der Waals surface area contributed by atoms with Gasteiger partial charge in [-0.3, -0.25) is 0 Å². The summed E-state index contributed by atoms with van der Waals surface area (Å²) in [7, 11) is 0. The highest BCUT2D eigenvalue weighted by molar-refractivity contribution is 7.11. The van der Waals surface area contributed by atoms with Gasteiger partial charge in [0.15, 0.2) is 0 Å². The van der Waals surface area contributed by atoms with Crippen LogP contribution in [-0.2, 0) is 0 Å². The largest absolute Gasteiger partial charge is 0.146 e. The first kappa shape index (κ1) is 13.3. The third-order valence-corrected chi connectivity index (χ3v) is 7.03. The Bertz CT molecular complexity index is 401. The molecule has 3 rings (SSSR count). The number of hydrogen-bond donors (Lipinski definition) is 0. The maximum Gasteiger partial charge on any atom is 0.0721 e. The van der Waals surface area contributed by atoms with Gasteiger partial charge in [0.1, 0.15) is 0 Å². The van der Waals surface area contributed by atoms with Crippen molar-refractivity contribution in [3.05, 3.63) is 21.3 Å². The lowest BCUT2D eigenvalue weighted by Crippen LogP contribution is -2.29. The highest BCUT2D eigenvalue weighted by Gasteiger charge is 2.36. The van der Waals surface area contributed by atoms with Crippen molar-refractivity contribution in [2.75, 3.05) is 0 Å². The Morgan fingerprint density at radius 1 is 1.11 bits per heavy atom. The molecule has 100 valence electrons. The van der Waals surface area contributed by atoms with Crippen LogP contribution in [0.2, 0.25) is 5.02 Å². The monoisotopic (exact) mass is 302 g/mol. The first-order valence-electron chi connectivity index (χ1n) is 7.12. The molecule has 0 amide bonds. The molecule has 3 heteroatoms. The zero-order valence-corrected chi connectivity index (χ0v) is 12.9. The van der Waals surface area contributed by atoms with E-state index in [1.165, 1.54) is 49.8 Å². The lowest BCUT2D eigenvalue weighted by molar-refractivity contribution is 0.128. The Morgan fingerprint density at radius 2 is 1.89 bits per heavy atom. The molecule has 4 atom stereocenters. The van der Waals surface area contributed by atoms with Crippen LogP contribution in [0.3, 0.4) is 0 Å². The fourth-order valence-electron chi connectivity index (χ4n) is 3.89. The van der Waals surface area contributed by atoms with Crippen molar-refractivity contribution < 1.29 is 0 Å². The number of alkyl halides is 1. The fourth-order valence-corrected chi connectivity index (χ4v) is 5.69. The van der Waals surface area contributed by atoms with Crippen molar-refractivity contribution in [3.63, 3.8) is 0 Å². The van der Waals surface area contributed by atoms with Crippen LogP contribution in [0.25, 0.3) is 0 Å². The summed E-state index contributed by atoms with van der Waals surface area (Å²) < 4.78 is 0. The SMILES string of the molecule is Clc1ccsc1C(Cl)C1CCC2CCCCC2C1. The molecule has 0 spiro atoms. The maximum absolute atomic E-state index is 6.69. The standard InChI is InChI=1S/C15H20Cl2S/c16-13-7-8-18-15(13)14(17)12-6-5-10-3-1-2-4-11(10)9-12/h7-8,10-12,14H,1-6,9H2. The molecule has 1 aromatic rings. The van der Waals surface area contributed by atoms with Gasteiger partial charge in [0, 0.05) is 4.88 Å². The Hall–Kier alpha value is 0.280. The molecule has 1 heterocycles. The molecular weight excluding hydrogens is 283 g/mol. The highest BCUT2D eigenvalue weighted by atomic mass is 35.5. The van der Waals surface area contributed by atoms with Gasteiger partial charge in [-0.2, -0.15) is 0 Å². The van der Waals surface area contributed by atoms with Crippen molar-refractivity contribution in [2.24, 2.45) is 17.8 Å². The third kappa shape index (κ3) is 2.59. The van der Waals surface area contributed by atoms with E-state index in [1.54, 1.807) is 11.3 Å². The lowest BCUT2D eigenvalue weighted by atomic mass is 9.67. The topological polar surface area (TPSA) is 0 Å². The number of fused-ring (bicyclic) bond motifs is 1. The molecule has 0 aliphatic heterocycles. The predicted octanol–water partition coefficient (Wildman–Crippen LogP) is 6.29. The van der Waals surface area contributed by atoms with Gasteiger partial charge in [0.05, 0.1) is 10.4 Å². The first-order chi connectivity index (χ1) is 8.75. The van der Waals surface area contributed by atoms with Crippen LogP contribution in [0, 0.1) is 17.8 Å². The van der Waals surface area contributed by atoms with E-state index in [0.29, 0.717) is 5.92 Å².